The van der Waals surface area contributed by atoms with Crippen molar-refractivity contribution in [3.05, 3.63) is 4.88 Å². The average molecular weight is 310 g/mol. The number of aromatic nitrogens is 1. The molecule has 6 heteroatoms. The number of carbonyl (C=O) groups excluding carboxylic acids is 1. The number of hydrogen-bond donors (Lipinski definition) is 3. The maximum absolute atomic E-state index is 12.2. The smallest absolute Gasteiger partial charge is 0.265 e. The second-order valence-electron chi connectivity index (χ2n) is 6.80. The number of nitrogen functional groups attached to an aromatic ring is 1. The summed E-state index contributed by atoms with van der Waals surface area (Å²) in [6, 6.07) is 0. The number of rotatable bonds is 5. The lowest BCUT2D eigenvalue weighted by Gasteiger charge is -2.19. The van der Waals surface area contributed by atoms with Gasteiger partial charge in [0.15, 0.2) is 5.13 Å². The fraction of sp³-hybridized carbons (Fsp3) is 0.733. The molecule has 0 spiro atoms. The van der Waals surface area contributed by atoms with Gasteiger partial charge in [0.1, 0.15) is 10.7 Å². The van der Waals surface area contributed by atoms with Gasteiger partial charge in [-0.3, -0.25) is 4.79 Å². The first-order chi connectivity index (χ1) is 9.85. The zero-order chi connectivity index (χ0) is 15.5. The molecule has 1 aliphatic rings. The molecule has 1 fully saturated rings. The van der Waals surface area contributed by atoms with Crippen molar-refractivity contribution in [2.45, 2.75) is 58.4 Å². The van der Waals surface area contributed by atoms with Gasteiger partial charge in [-0.2, -0.15) is 0 Å². The maximum atomic E-state index is 12.2. The molecule has 1 aliphatic carbocycles. The van der Waals surface area contributed by atoms with Crippen LogP contribution in [0, 0.1) is 5.92 Å². The van der Waals surface area contributed by atoms with Gasteiger partial charge in [-0.05, 0) is 33.1 Å². The second kappa shape index (κ2) is 6.64. The number of nitrogens with zero attached hydrogens (tertiary/aromatic N) is 1. The summed E-state index contributed by atoms with van der Waals surface area (Å²) in [6.45, 7) is 6.87. The molecule has 0 radical (unpaired) electrons. The van der Waals surface area contributed by atoms with Crippen molar-refractivity contribution in [2.24, 2.45) is 5.92 Å². The Morgan fingerprint density at radius 3 is 2.67 bits per heavy atom. The number of amides is 1. The quantitative estimate of drug-likeness (QED) is 0.780. The van der Waals surface area contributed by atoms with Crippen molar-refractivity contribution < 1.29 is 4.79 Å². The zero-order valence-electron chi connectivity index (χ0n) is 13.2. The topological polar surface area (TPSA) is 80.0 Å². The normalized spacial score (nSPS) is 16.1. The maximum Gasteiger partial charge on any atom is 0.265 e. The largest absolute Gasteiger partial charge is 0.382 e. The van der Waals surface area contributed by atoms with Crippen molar-refractivity contribution in [3.63, 3.8) is 0 Å². The fourth-order valence-corrected chi connectivity index (χ4v) is 3.65. The third-order valence-corrected chi connectivity index (χ3v) is 4.64. The number of nitrogens with one attached hydrogen (secondary N) is 2. The van der Waals surface area contributed by atoms with Crippen LogP contribution in [0.15, 0.2) is 0 Å². The van der Waals surface area contributed by atoms with Gasteiger partial charge in [-0.15, -0.1) is 0 Å². The molecule has 1 aromatic rings. The summed E-state index contributed by atoms with van der Waals surface area (Å²) in [5.41, 5.74) is 5.76. The van der Waals surface area contributed by atoms with Crippen LogP contribution in [0.2, 0.25) is 0 Å². The summed E-state index contributed by atoms with van der Waals surface area (Å²) < 4.78 is 0. The molecular weight excluding hydrogens is 284 g/mol. The van der Waals surface area contributed by atoms with E-state index in [9.17, 15) is 4.79 Å². The summed E-state index contributed by atoms with van der Waals surface area (Å²) >= 11 is 1.32. The first-order valence-electron chi connectivity index (χ1n) is 7.68. The van der Waals surface area contributed by atoms with Crippen molar-refractivity contribution in [3.8, 4) is 0 Å². The molecule has 0 saturated heterocycles. The van der Waals surface area contributed by atoms with E-state index in [1.54, 1.807) is 0 Å². The molecule has 1 amide bonds. The third-order valence-electron chi connectivity index (χ3n) is 3.65. The van der Waals surface area contributed by atoms with Gasteiger partial charge in [-0.25, -0.2) is 4.98 Å². The Labute approximate surface area is 130 Å². The third kappa shape index (κ3) is 4.88. The number of carbonyl (C=O) groups is 1. The highest BCUT2D eigenvalue weighted by atomic mass is 32.1. The molecular formula is C15H26N4OS. The summed E-state index contributed by atoms with van der Waals surface area (Å²) in [7, 11) is 0. The van der Waals surface area contributed by atoms with E-state index in [1.165, 1.54) is 37.0 Å². The van der Waals surface area contributed by atoms with Crippen LogP contribution >= 0.6 is 11.3 Å². The second-order valence-corrected chi connectivity index (χ2v) is 7.80. The lowest BCUT2D eigenvalue weighted by atomic mass is 10.0. The van der Waals surface area contributed by atoms with Gasteiger partial charge in [0, 0.05) is 12.1 Å². The number of anilines is 2. The van der Waals surface area contributed by atoms with Gasteiger partial charge in [0.25, 0.3) is 5.91 Å². The van der Waals surface area contributed by atoms with Crippen LogP contribution in [0.3, 0.4) is 0 Å². The molecule has 118 valence electrons. The van der Waals surface area contributed by atoms with Crippen LogP contribution < -0.4 is 16.4 Å². The summed E-state index contributed by atoms with van der Waals surface area (Å²) in [5.74, 6) is 0.984. The summed E-state index contributed by atoms with van der Waals surface area (Å²) in [4.78, 5) is 16.9. The van der Waals surface area contributed by atoms with Gasteiger partial charge in [0.05, 0.1) is 0 Å². The highest BCUT2D eigenvalue weighted by Crippen LogP contribution is 2.28. The van der Waals surface area contributed by atoms with Crippen LogP contribution in [0.25, 0.3) is 0 Å². The van der Waals surface area contributed by atoms with E-state index in [2.05, 4.69) is 15.6 Å². The van der Waals surface area contributed by atoms with Gasteiger partial charge < -0.3 is 16.4 Å². The summed E-state index contributed by atoms with van der Waals surface area (Å²) in [6.07, 6.45) is 6.35. The molecule has 1 aromatic heterocycles. The van der Waals surface area contributed by atoms with Crippen LogP contribution in [-0.4, -0.2) is 23.0 Å². The van der Waals surface area contributed by atoms with E-state index < -0.39 is 0 Å². The Morgan fingerprint density at radius 1 is 1.38 bits per heavy atom. The molecule has 1 saturated carbocycles. The zero-order valence-corrected chi connectivity index (χ0v) is 14.0. The molecule has 0 aliphatic heterocycles. The van der Waals surface area contributed by atoms with E-state index in [1.807, 2.05) is 20.8 Å². The Bertz CT molecular complexity index is 486. The highest BCUT2D eigenvalue weighted by Gasteiger charge is 2.20. The molecule has 1 heterocycles. The number of hydrogen-bond acceptors (Lipinski definition) is 5. The Morgan fingerprint density at radius 2 is 2.05 bits per heavy atom. The first-order valence-corrected chi connectivity index (χ1v) is 8.49. The van der Waals surface area contributed by atoms with Crippen molar-refractivity contribution in [2.75, 3.05) is 17.6 Å². The SMILES string of the molecule is CC(C)(C)Nc1nc(N)c(C(=O)NCCC2CCCC2)s1. The Kier molecular flexibility index (Phi) is 5.08. The minimum Gasteiger partial charge on any atom is -0.382 e. The van der Waals surface area contributed by atoms with Gasteiger partial charge in [0.2, 0.25) is 0 Å². The number of thiazole rings is 1. The van der Waals surface area contributed by atoms with Crippen molar-refractivity contribution in [1.82, 2.24) is 10.3 Å². The molecule has 4 N–H and O–H groups in total. The van der Waals surface area contributed by atoms with Gasteiger partial charge >= 0.3 is 0 Å². The van der Waals surface area contributed by atoms with Gasteiger partial charge in [-0.1, -0.05) is 37.0 Å². The molecule has 0 unspecified atom stereocenters. The monoisotopic (exact) mass is 310 g/mol. The standard InChI is InChI=1S/C15H26N4OS/c1-15(2,3)19-14-18-12(16)11(21-14)13(20)17-9-8-10-6-4-5-7-10/h10H,4-9,16H2,1-3H3,(H,17,20)(H,18,19). The molecule has 0 aromatic carbocycles. The van der Waals surface area contributed by atoms with Crippen molar-refractivity contribution in [1.29, 1.82) is 0 Å². The van der Waals surface area contributed by atoms with E-state index in [-0.39, 0.29) is 11.4 Å². The van der Waals surface area contributed by atoms with Crippen LogP contribution in [0.1, 0.15) is 62.5 Å². The lowest BCUT2D eigenvalue weighted by Crippen LogP contribution is -2.26. The molecule has 2 rings (SSSR count). The van der Waals surface area contributed by atoms with E-state index in [0.29, 0.717) is 15.8 Å². The minimum atomic E-state index is -0.107. The fourth-order valence-electron chi connectivity index (χ4n) is 2.64. The Balaban J connectivity index is 1.86. The summed E-state index contributed by atoms with van der Waals surface area (Å²) in [5, 5.41) is 6.91. The van der Waals surface area contributed by atoms with E-state index in [0.717, 1.165) is 18.9 Å². The lowest BCUT2D eigenvalue weighted by molar-refractivity contribution is 0.0956. The average Bonchev–Trinajstić information content (AvgIpc) is 2.97. The molecule has 0 bridgehead atoms. The van der Waals surface area contributed by atoms with E-state index in [4.69, 9.17) is 5.73 Å². The van der Waals surface area contributed by atoms with Crippen LogP contribution in [-0.2, 0) is 0 Å². The first kappa shape index (κ1) is 16.1. The predicted molar refractivity (Wildman–Crippen MR) is 88.8 cm³/mol. The van der Waals surface area contributed by atoms with Crippen LogP contribution in [0.4, 0.5) is 10.9 Å². The van der Waals surface area contributed by atoms with Crippen LogP contribution in [0.5, 0.6) is 0 Å². The van der Waals surface area contributed by atoms with Crippen molar-refractivity contribution >= 4 is 28.2 Å². The minimum absolute atomic E-state index is 0.0967. The molecule has 0 atom stereocenters. The van der Waals surface area contributed by atoms with E-state index >= 15 is 0 Å². The number of nitrogens with two attached hydrogens (primary N) is 1. The molecule has 5 nitrogen and oxygen atoms in total. The highest BCUT2D eigenvalue weighted by molar-refractivity contribution is 7.18. The Hall–Kier alpha value is -1.30. The molecule has 21 heavy (non-hydrogen) atoms. The predicted octanol–water partition coefficient (Wildman–Crippen LogP) is 3.25.